The molecule has 4 heteroatoms. The van der Waals surface area contributed by atoms with Crippen molar-refractivity contribution in [1.29, 1.82) is 0 Å². The maximum absolute atomic E-state index is 12.2. The molecule has 1 heterocycles. The van der Waals surface area contributed by atoms with Gasteiger partial charge in [0.2, 0.25) is 0 Å². The summed E-state index contributed by atoms with van der Waals surface area (Å²) in [5.74, 6) is 0.879. The van der Waals surface area contributed by atoms with Crippen molar-refractivity contribution in [2.45, 2.75) is 32.6 Å². The minimum absolute atomic E-state index is 0.163. The maximum atomic E-state index is 12.2. The summed E-state index contributed by atoms with van der Waals surface area (Å²) in [6.45, 7) is 2.93. The standard InChI is InChI=1S/C13H18BrNOS/c1-9-7-11(17-12(9)14)13(16)15(2)8-10-5-3-4-6-10/h7,10H,3-6,8H2,1-2H3. The summed E-state index contributed by atoms with van der Waals surface area (Å²) in [5, 5.41) is 0. The average Bonchev–Trinajstić information content (AvgIpc) is 2.89. The Balaban J connectivity index is 1.98. The van der Waals surface area contributed by atoms with E-state index in [1.54, 1.807) is 0 Å². The van der Waals surface area contributed by atoms with Crippen molar-refractivity contribution in [3.63, 3.8) is 0 Å². The zero-order valence-corrected chi connectivity index (χ0v) is 12.7. The lowest BCUT2D eigenvalue weighted by molar-refractivity contribution is 0.0778. The van der Waals surface area contributed by atoms with Gasteiger partial charge in [0.25, 0.3) is 5.91 Å². The van der Waals surface area contributed by atoms with E-state index in [0.29, 0.717) is 5.92 Å². The summed E-state index contributed by atoms with van der Waals surface area (Å²) in [6, 6.07) is 1.97. The molecule has 0 N–H and O–H groups in total. The molecule has 0 atom stereocenters. The number of carbonyl (C=O) groups is 1. The van der Waals surface area contributed by atoms with E-state index in [-0.39, 0.29) is 5.91 Å². The first-order valence-corrected chi connectivity index (χ1v) is 7.70. The quantitative estimate of drug-likeness (QED) is 0.823. The molecule has 1 aromatic heterocycles. The highest BCUT2D eigenvalue weighted by Crippen LogP contribution is 2.29. The molecule has 1 aromatic rings. The number of thiophene rings is 1. The molecule has 1 saturated carbocycles. The number of rotatable bonds is 3. The third-order valence-corrected chi connectivity index (χ3v) is 5.55. The molecule has 0 aliphatic heterocycles. The number of amides is 1. The minimum Gasteiger partial charge on any atom is -0.341 e. The molecule has 2 rings (SSSR count). The van der Waals surface area contributed by atoms with Gasteiger partial charge in [-0.2, -0.15) is 0 Å². The van der Waals surface area contributed by atoms with Gasteiger partial charge >= 0.3 is 0 Å². The van der Waals surface area contributed by atoms with Crippen LogP contribution in [0, 0.1) is 12.8 Å². The Bertz CT molecular complexity index is 390. The van der Waals surface area contributed by atoms with Crippen LogP contribution in [0.25, 0.3) is 0 Å². The summed E-state index contributed by atoms with van der Waals surface area (Å²) in [7, 11) is 1.92. The topological polar surface area (TPSA) is 20.3 Å². The van der Waals surface area contributed by atoms with Crippen molar-refractivity contribution in [2.24, 2.45) is 5.92 Å². The number of carbonyl (C=O) groups excluding carboxylic acids is 1. The molecular weight excluding hydrogens is 298 g/mol. The number of nitrogens with zero attached hydrogens (tertiary/aromatic N) is 1. The van der Waals surface area contributed by atoms with Gasteiger partial charge in [-0.1, -0.05) is 12.8 Å². The zero-order chi connectivity index (χ0) is 12.4. The third-order valence-electron chi connectivity index (χ3n) is 3.42. The Hall–Kier alpha value is -0.350. The van der Waals surface area contributed by atoms with E-state index in [1.165, 1.54) is 37.0 Å². The normalized spacial score (nSPS) is 16.4. The smallest absolute Gasteiger partial charge is 0.263 e. The van der Waals surface area contributed by atoms with Crippen LogP contribution in [0.2, 0.25) is 0 Å². The van der Waals surface area contributed by atoms with E-state index >= 15 is 0 Å². The van der Waals surface area contributed by atoms with Gasteiger partial charge in [0.1, 0.15) is 0 Å². The Morgan fingerprint density at radius 1 is 1.53 bits per heavy atom. The molecule has 0 aromatic carbocycles. The van der Waals surface area contributed by atoms with Crippen molar-refractivity contribution < 1.29 is 4.79 Å². The summed E-state index contributed by atoms with van der Waals surface area (Å²) in [6.07, 6.45) is 5.22. The maximum Gasteiger partial charge on any atom is 0.263 e. The Labute approximate surface area is 115 Å². The van der Waals surface area contributed by atoms with Crippen molar-refractivity contribution in [2.75, 3.05) is 13.6 Å². The molecule has 17 heavy (non-hydrogen) atoms. The highest BCUT2D eigenvalue weighted by atomic mass is 79.9. The fourth-order valence-electron chi connectivity index (χ4n) is 2.42. The lowest BCUT2D eigenvalue weighted by atomic mass is 10.1. The predicted molar refractivity (Wildman–Crippen MR) is 75.7 cm³/mol. The summed E-state index contributed by atoms with van der Waals surface area (Å²) < 4.78 is 1.06. The molecular formula is C13H18BrNOS. The van der Waals surface area contributed by atoms with E-state index < -0.39 is 0 Å². The Kier molecular flexibility index (Phi) is 4.26. The van der Waals surface area contributed by atoms with Crippen LogP contribution < -0.4 is 0 Å². The fourth-order valence-corrected chi connectivity index (χ4v) is 3.95. The van der Waals surface area contributed by atoms with E-state index in [9.17, 15) is 4.79 Å². The first-order valence-electron chi connectivity index (χ1n) is 6.09. The Morgan fingerprint density at radius 3 is 2.71 bits per heavy atom. The number of hydrogen-bond acceptors (Lipinski definition) is 2. The van der Waals surface area contributed by atoms with Gasteiger partial charge in [0.15, 0.2) is 0 Å². The number of aryl methyl sites for hydroxylation is 1. The van der Waals surface area contributed by atoms with Gasteiger partial charge in [0, 0.05) is 13.6 Å². The van der Waals surface area contributed by atoms with Crippen molar-refractivity contribution in [3.05, 3.63) is 20.3 Å². The van der Waals surface area contributed by atoms with Gasteiger partial charge in [-0.25, -0.2) is 0 Å². The van der Waals surface area contributed by atoms with Crippen LogP contribution in [0.3, 0.4) is 0 Å². The van der Waals surface area contributed by atoms with Crippen LogP contribution >= 0.6 is 27.3 Å². The van der Waals surface area contributed by atoms with Crippen molar-refractivity contribution in [1.82, 2.24) is 4.90 Å². The molecule has 0 unspecified atom stereocenters. The lowest BCUT2D eigenvalue weighted by Crippen LogP contribution is -2.30. The van der Waals surface area contributed by atoms with Gasteiger partial charge in [-0.05, 0) is 53.2 Å². The van der Waals surface area contributed by atoms with Crippen LogP contribution in [0.4, 0.5) is 0 Å². The SMILES string of the molecule is Cc1cc(C(=O)N(C)CC2CCCC2)sc1Br. The second-order valence-corrected chi connectivity index (χ2v) is 7.27. The zero-order valence-electron chi connectivity index (χ0n) is 10.3. The van der Waals surface area contributed by atoms with Crippen LogP contribution in [-0.2, 0) is 0 Å². The molecule has 94 valence electrons. The largest absolute Gasteiger partial charge is 0.341 e. The molecule has 1 amide bonds. The van der Waals surface area contributed by atoms with E-state index in [1.807, 2.05) is 24.9 Å². The van der Waals surface area contributed by atoms with E-state index in [0.717, 1.165) is 20.8 Å². The number of hydrogen-bond donors (Lipinski definition) is 0. The van der Waals surface area contributed by atoms with Gasteiger partial charge in [-0.15, -0.1) is 11.3 Å². The van der Waals surface area contributed by atoms with E-state index in [2.05, 4.69) is 15.9 Å². The summed E-state index contributed by atoms with van der Waals surface area (Å²) >= 11 is 5.00. The molecule has 0 spiro atoms. The average molecular weight is 316 g/mol. The predicted octanol–water partition coefficient (Wildman–Crippen LogP) is 4.08. The van der Waals surface area contributed by atoms with Crippen LogP contribution in [0.15, 0.2) is 9.85 Å². The van der Waals surface area contributed by atoms with Crippen LogP contribution in [-0.4, -0.2) is 24.4 Å². The molecule has 1 fully saturated rings. The highest BCUT2D eigenvalue weighted by Gasteiger charge is 2.21. The van der Waals surface area contributed by atoms with Crippen molar-refractivity contribution in [3.8, 4) is 0 Å². The molecule has 1 aliphatic carbocycles. The molecule has 0 bridgehead atoms. The molecule has 2 nitrogen and oxygen atoms in total. The molecule has 0 saturated heterocycles. The van der Waals surface area contributed by atoms with Gasteiger partial charge < -0.3 is 4.90 Å². The molecule has 0 radical (unpaired) electrons. The first kappa shape index (κ1) is 13.1. The third kappa shape index (κ3) is 3.10. The molecule has 1 aliphatic rings. The minimum atomic E-state index is 0.163. The Morgan fingerprint density at radius 2 is 2.18 bits per heavy atom. The van der Waals surface area contributed by atoms with Crippen LogP contribution in [0.5, 0.6) is 0 Å². The second kappa shape index (κ2) is 5.53. The number of halogens is 1. The van der Waals surface area contributed by atoms with Gasteiger partial charge in [-0.3, -0.25) is 4.79 Å². The summed E-state index contributed by atoms with van der Waals surface area (Å²) in [4.78, 5) is 14.9. The van der Waals surface area contributed by atoms with Crippen molar-refractivity contribution >= 4 is 33.2 Å². The lowest BCUT2D eigenvalue weighted by Gasteiger charge is -2.20. The monoisotopic (exact) mass is 315 g/mol. The fraction of sp³-hybridized carbons (Fsp3) is 0.615. The van der Waals surface area contributed by atoms with Crippen LogP contribution in [0.1, 0.15) is 40.9 Å². The highest BCUT2D eigenvalue weighted by molar-refractivity contribution is 9.11. The van der Waals surface area contributed by atoms with Gasteiger partial charge in [0.05, 0.1) is 8.66 Å². The van der Waals surface area contributed by atoms with E-state index in [4.69, 9.17) is 0 Å². The summed E-state index contributed by atoms with van der Waals surface area (Å²) in [5.41, 5.74) is 1.15. The second-order valence-electron chi connectivity index (χ2n) is 4.90. The first-order chi connectivity index (χ1) is 8.08.